The summed E-state index contributed by atoms with van der Waals surface area (Å²) in [6.07, 6.45) is 0.824. The summed E-state index contributed by atoms with van der Waals surface area (Å²) < 4.78 is 18.8. The van der Waals surface area contributed by atoms with Gasteiger partial charge in [0.25, 0.3) is 0 Å². The van der Waals surface area contributed by atoms with Crippen molar-refractivity contribution < 1.29 is 14.1 Å². The van der Waals surface area contributed by atoms with Crippen molar-refractivity contribution in [3.63, 3.8) is 0 Å². The Kier molecular flexibility index (Phi) is 6.05. The maximum atomic E-state index is 13.5. The number of hydrogen-bond acceptors (Lipinski definition) is 5. The van der Waals surface area contributed by atoms with Crippen LogP contribution in [0, 0.1) is 27.3 Å². The smallest absolute Gasteiger partial charge is 0.312 e. The zero-order valence-electron chi connectivity index (χ0n) is 11.7. The summed E-state index contributed by atoms with van der Waals surface area (Å²) in [6, 6.07) is 4.02. The SMILES string of the molecule is CCCNC(C)(C#N)COc1cc(F)c(Br)cc1[N+](=O)[O-]. The number of nitriles is 1. The molecule has 6 nitrogen and oxygen atoms in total. The third-order valence-electron chi connectivity index (χ3n) is 2.73. The fourth-order valence-corrected chi connectivity index (χ4v) is 1.85. The standard InChI is InChI=1S/C13H15BrFN3O3/c1-3-4-17-13(2,7-16)8-21-12-6-10(15)9(14)5-11(12)18(19)20/h5-6,17H,3-4,8H2,1-2H3. The van der Waals surface area contributed by atoms with Crippen LogP contribution in [0.25, 0.3) is 0 Å². The molecule has 1 atom stereocenters. The summed E-state index contributed by atoms with van der Waals surface area (Å²) in [7, 11) is 0. The summed E-state index contributed by atoms with van der Waals surface area (Å²) in [4.78, 5) is 10.3. The molecule has 1 N–H and O–H groups in total. The van der Waals surface area contributed by atoms with Crippen molar-refractivity contribution in [1.82, 2.24) is 5.32 Å². The summed E-state index contributed by atoms with van der Waals surface area (Å²) in [6.45, 7) is 4.03. The number of ether oxygens (including phenoxy) is 1. The van der Waals surface area contributed by atoms with Crippen LogP contribution in [-0.4, -0.2) is 23.6 Å². The van der Waals surface area contributed by atoms with E-state index in [1.807, 2.05) is 13.0 Å². The van der Waals surface area contributed by atoms with Crippen LogP contribution in [0.2, 0.25) is 0 Å². The third-order valence-corrected chi connectivity index (χ3v) is 3.33. The molecule has 21 heavy (non-hydrogen) atoms. The van der Waals surface area contributed by atoms with Crippen molar-refractivity contribution in [3.05, 3.63) is 32.5 Å². The average Bonchev–Trinajstić information content (AvgIpc) is 2.45. The second-order valence-electron chi connectivity index (χ2n) is 4.65. The monoisotopic (exact) mass is 359 g/mol. The van der Waals surface area contributed by atoms with Crippen molar-refractivity contribution in [2.24, 2.45) is 0 Å². The van der Waals surface area contributed by atoms with E-state index >= 15 is 0 Å². The van der Waals surface area contributed by atoms with Gasteiger partial charge in [0.05, 0.1) is 15.5 Å². The predicted octanol–water partition coefficient (Wildman–Crippen LogP) is 3.16. The van der Waals surface area contributed by atoms with Gasteiger partial charge in [0.1, 0.15) is 18.0 Å². The Balaban J connectivity index is 2.95. The van der Waals surface area contributed by atoms with Crippen LogP contribution in [0.5, 0.6) is 5.75 Å². The van der Waals surface area contributed by atoms with E-state index in [9.17, 15) is 14.5 Å². The Morgan fingerprint density at radius 2 is 2.29 bits per heavy atom. The predicted molar refractivity (Wildman–Crippen MR) is 78.6 cm³/mol. The summed E-state index contributed by atoms with van der Waals surface area (Å²) >= 11 is 2.89. The minimum atomic E-state index is -1.01. The molecule has 0 amide bonds. The molecule has 0 saturated heterocycles. The molecule has 0 aliphatic carbocycles. The molecule has 0 spiro atoms. The lowest BCUT2D eigenvalue weighted by atomic mass is 10.1. The average molecular weight is 360 g/mol. The van der Waals surface area contributed by atoms with Gasteiger partial charge in [0.2, 0.25) is 0 Å². The summed E-state index contributed by atoms with van der Waals surface area (Å²) in [5, 5.41) is 23.1. The van der Waals surface area contributed by atoms with Gasteiger partial charge in [-0.1, -0.05) is 6.92 Å². The fourth-order valence-electron chi connectivity index (χ4n) is 1.52. The second-order valence-corrected chi connectivity index (χ2v) is 5.50. The van der Waals surface area contributed by atoms with Crippen LogP contribution in [0.1, 0.15) is 20.3 Å². The lowest BCUT2D eigenvalue weighted by Crippen LogP contribution is -2.46. The van der Waals surface area contributed by atoms with Crippen molar-refractivity contribution in [1.29, 1.82) is 5.26 Å². The molecule has 1 rings (SSSR count). The lowest BCUT2D eigenvalue weighted by molar-refractivity contribution is -0.386. The van der Waals surface area contributed by atoms with Crippen LogP contribution in [-0.2, 0) is 0 Å². The van der Waals surface area contributed by atoms with Gasteiger partial charge in [-0.2, -0.15) is 5.26 Å². The van der Waals surface area contributed by atoms with Gasteiger partial charge in [0.15, 0.2) is 5.75 Å². The number of nitrogens with one attached hydrogen (secondary N) is 1. The molecular weight excluding hydrogens is 345 g/mol. The van der Waals surface area contributed by atoms with E-state index in [1.165, 1.54) is 0 Å². The van der Waals surface area contributed by atoms with Crippen molar-refractivity contribution in [3.8, 4) is 11.8 Å². The first-order valence-corrected chi connectivity index (χ1v) is 7.05. The Hall–Kier alpha value is -1.72. The zero-order chi connectivity index (χ0) is 16.0. The second kappa shape index (κ2) is 7.33. The number of nitro benzene ring substituents is 1. The summed E-state index contributed by atoms with van der Waals surface area (Å²) in [5.74, 6) is -0.878. The Morgan fingerprint density at radius 3 is 2.81 bits per heavy atom. The molecule has 0 aliphatic rings. The maximum Gasteiger partial charge on any atom is 0.312 e. The number of rotatable bonds is 7. The van der Waals surface area contributed by atoms with E-state index in [2.05, 4.69) is 21.2 Å². The molecule has 0 heterocycles. The van der Waals surface area contributed by atoms with Crippen LogP contribution >= 0.6 is 15.9 Å². The van der Waals surface area contributed by atoms with Crippen molar-refractivity contribution in [2.75, 3.05) is 13.2 Å². The van der Waals surface area contributed by atoms with E-state index in [0.29, 0.717) is 6.54 Å². The van der Waals surface area contributed by atoms with Gasteiger partial charge in [-0.25, -0.2) is 4.39 Å². The number of nitro groups is 1. The number of nitrogens with zero attached hydrogens (tertiary/aromatic N) is 2. The first-order chi connectivity index (χ1) is 9.83. The molecule has 8 heteroatoms. The highest BCUT2D eigenvalue weighted by Gasteiger charge is 2.26. The highest BCUT2D eigenvalue weighted by Crippen LogP contribution is 2.32. The fraction of sp³-hybridized carbons (Fsp3) is 0.462. The Labute approximate surface area is 130 Å². The number of halogens is 2. The zero-order valence-corrected chi connectivity index (χ0v) is 13.2. The van der Waals surface area contributed by atoms with Crippen molar-refractivity contribution >= 4 is 21.6 Å². The van der Waals surface area contributed by atoms with Crippen LogP contribution in [0.4, 0.5) is 10.1 Å². The first kappa shape index (κ1) is 17.3. The molecule has 1 aromatic carbocycles. The first-order valence-electron chi connectivity index (χ1n) is 6.25. The maximum absolute atomic E-state index is 13.5. The molecule has 0 saturated carbocycles. The van der Waals surface area contributed by atoms with Gasteiger partial charge in [-0.3, -0.25) is 15.4 Å². The molecule has 1 unspecified atom stereocenters. The summed E-state index contributed by atoms with van der Waals surface area (Å²) in [5.41, 5.74) is -1.37. The van der Waals surface area contributed by atoms with Gasteiger partial charge in [0, 0.05) is 12.1 Å². The van der Waals surface area contributed by atoms with Gasteiger partial charge < -0.3 is 4.74 Å². The Bertz CT molecular complexity index is 577. The van der Waals surface area contributed by atoms with E-state index in [-0.39, 0.29) is 22.5 Å². The minimum absolute atomic E-state index is 0.0197. The lowest BCUT2D eigenvalue weighted by Gasteiger charge is -2.23. The third kappa shape index (κ3) is 4.65. The highest BCUT2D eigenvalue weighted by atomic mass is 79.9. The van der Waals surface area contributed by atoms with E-state index in [4.69, 9.17) is 10.00 Å². The molecule has 114 valence electrons. The highest BCUT2D eigenvalue weighted by molar-refractivity contribution is 9.10. The number of benzene rings is 1. The molecule has 0 bridgehead atoms. The van der Waals surface area contributed by atoms with Crippen LogP contribution in [0.15, 0.2) is 16.6 Å². The van der Waals surface area contributed by atoms with Crippen molar-refractivity contribution in [2.45, 2.75) is 25.8 Å². The molecule has 0 fully saturated rings. The Morgan fingerprint density at radius 1 is 1.62 bits per heavy atom. The topological polar surface area (TPSA) is 88.2 Å². The molecule has 0 aliphatic heterocycles. The van der Waals surface area contributed by atoms with E-state index in [1.54, 1.807) is 6.92 Å². The van der Waals surface area contributed by atoms with E-state index in [0.717, 1.165) is 18.6 Å². The largest absolute Gasteiger partial charge is 0.484 e. The van der Waals surface area contributed by atoms with Gasteiger partial charge >= 0.3 is 5.69 Å². The van der Waals surface area contributed by atoms with Gasteiger partial charge in [-0.05, 0) is 35.8 Å². The van der Waals surface area contributed by atoms with Crippen LogP contribution < -0.4 is 10.1 Å². The molecular formula is C13H15BrFN3O3. The van der Waals surface area contributed by atoms with Crippen LogP contribution in [0.3, 0.4) is 0 Å². The number of hydrogen-bond donors (Lipinski definition) is 1. The van der Waals surface area contributed by atoms with Gasteiger partial charge in [-0.15, -0.1) is 0 Å². The normalized spacial score (nSPS) is 13.3. The quantitative estimate of drug-likeness (QED) is 0.596. The molecule has 1 aromatic rings. The van der Waals surface area contributed by atoms with E-state index < -0.39 is 16.3 Å². The molecule has 0 radical (unpaired) electrons. The minimum Gasteiger partial charge on any atom is -0.484 e. The molecule has 0 aromatic heterocycles.